The van der Waals surface area contributed by atoms with Crippen LogP contribution in [0, 0.1) is 0 Å². The summed E-state index contributed by atoms with van der Waals surface area (Å²) in [5, 5.41) is 0.499. The minimum atomic E-state index is -4.50. The summed E-state index contributed by atoms with van der Waals surface area (Å²) in [5.41, 5.74) is 0.356. The van der Waals surface area contributed by atoms with Gasteiger partial charge in [-0.1, -0.05) is 11.6 Å². The molecule has 22 heavy (non-hydrogen) atoms. The first-order chi connectivity index (χ1) is 9.86. The third-order valence-corrected chi connectivity index (χ3v) is 6.97. The van der Waals surface area contributed by atoms with Crippen molar-refractivity contribution in [2.45, 2.75) is 43.1 Å². The Bertz CT molecular complexity index is 641. The van der Waals surface area contributed by atoms with Crippen molar-refractivity contribution in [3.8, 4) is 0 Å². The third-order valence-electron chi connectivity index (χ3n) is 3.59. The molecule has 0 bridgehead atoms. The minimum Gasteiger partial charge on any atom is -0.323 e. The molecule has 5 nitrogen and oxygen atoms in total. The Morgan fingerprint density at radius 3 is 2.18 bits per heavy atom. The van der Waals surface area contributed by atoms with Crippen molar-refractivity contribution in [1.82, 2.24) is 4.90 Å². The van der Waals surface area contributed by atoms with Gasteiger partial charge in [0.25, 0.3) is 5.91 Å². The van der Waals surface area contributed by atoms with E-state index in [1.54, 1.807) is 52.0 Å². The summed E-state index contributed by atoms with van der Waals surface area (Å²) in [6.45, 7) is 7.09. The Morgan fingerprint density at radius 2 is 1.73 bits per heavy atom. The van der Waals surface area contributed by atoms with Gasteiger partial charge in [-0.05, 0) is 52.0 Å². The van der Waals surface area contributed by atoms with E-state index in [2.05, 4.69) is 0 Å². The van der Waals surface area contributed by atoms with E-state index in [-0.39, 0.29) is 0 Å². The molecule has 0 radical (unpaired) electrons. The summed E-state index contributed by atoms with van der Waals surface area (Å²) in [4.78, 5) is 33.0. The average Bonchev–Trinajstić information content (AvgIpc) is 2.53. The van der Waals surface area contributed by atoms with E-state index in [1.807, 2.05) is 0 Å². The van der Waals surface area contributed by atoms with Crippen molar-refractivity contribution in [2.75, 3.05) is 0 Å². The smallest absolute Gasteiger partial charge is 0.323 e. The van der Waals surface area contributed by atoms with E-state index in [1.165, 1.54) is 16.7 Å². The second-order valence-corrected chi connectivity index (χ2v) is 10.7. The number of carbonyl (C=O) groups is 1. The zero-order valence-electron chi connectivity index (χ0n) is 12.8. The van der Waals surface area contributed by atoms with Gasteiger partial charge < -0.3 is 14.7 Å². The molecule has 2 rings (SSSR count). The monoisotopic (exact) mass is 363 g/mol. The van der Waals surface area contributed by atoms with Crippen molar-refractivity contribution >= 4 is 36.9 Å². The van der Waals surface area contributed by atoms with Crippen molar-refractivity contribution in [3.63, 3.8) is 0 Å². The maximum absolute atomic E-state index is 12.8. The highest BCUT2D eigenvalue weighted by molar-refractivity contribution is 8.02. The van der Waals surface area contributed by atoms with Crippen molar-refractivity contribution in [3.05, 3.63) is 34.9 Å². The van der Waals surface area contributed by atoms with Gasteiger partial charge >= 0.3 is 7.60 Å². The van der Waals surface area contributed by atoms with Crippen LogP contribution in [-0.4, -0.2) is 36.0 Å². The van der Waals surface area contributed by atoms with Crippen LogP contribution in [0.5, 0.6) is 0 Å². The number of hydrogen-bond acceptors (Lipinski definition) is 3. The van der Waals surface area contributed by atoms with Crippen LogP contribution in [0.1, 0.15) is 38.1 Å². The summed E-state index contributed by atoms with van der Waals surface area (Å²) < 4.78 is 11.2. The second kappa shape index (κ2) is 5.53. The Balaban J connectivity index is 2.51. The fourth-order valence-electron chi connectivity index (χ4n) is 2.99. The number of carbonyl (C=O) groups excluding carboxylic acids is 1. The highest BCUT2D eigenvalue weighted by atomic mass is 35.5. The van der Waals surface area contributed by atoms with Crippen LogP contribution in [-0.2, 0) is 4.57 Å². The van der Waals surface area contributed by atoms with Gasteiger partial charge in [-0.3, -0.25) is 9.36 Å². The summed E-state index contributed by atoms with van der Waals surface area (Å²) in [7, 11) is -4.50. The quantitative estimate of drug-likeness (QED) is 0.786. The number of rotatable bonds is 2. The van der Waals surface area contributed by atoms with Gasteiger partial charge in [-0.2, -0.15) is 0 Å². The minimum absolute atomic E-state index is 0.356. The fraction of sp³-hybridized carbons (Fsp3) is 0.500. The molecule has 1 heterocycles. The van der Waals surface area contributed by atoms with Crippen LogP contribution in [0.15, 0.2) is 24.3 Å². The number of amides is 1. The first-order valence-corrected chi connectivity index (χ1v) is 9.58. The molecule has 1 aromatic rings. The standard InChI is InChI=1S/C14H19ClNO4PS/c1-13(2)12(21(18,19)20)16(14(3,4)22-13)11(17)9-5-7-10(15)8-6-9/h5-8,12H,1-4H3,(H2,18,19,20). The molecule has 1 aromatic carbocycles. The topological polar surface area (TPSA) is 77.8 Å². The first-order valence-electron chi connectivity index (χ1n) is 6.71. The molecule has 122 valence electrons. The fourth-order valence-corrected chi connectivity index (χ4v) is 7.06. The predicted molar refractivity (Wildman–Crippen MR) is 89.2 cm³/mol. The molecule has 2 N–H and O–H groups in total. The van der Waals surface area contributed by atoms with Gasteiger partial charge in [-0.25, -0.2) is 0 Å². The summed E-state index contributed by atoms with van der Waals surface area (Å²) >= 11 is 7.21. The molecule has 1 unspecified atom stereocenters. The summed E-state index contributed by atoms with van der Waals surface area (Å²) in [6, 6.07) is 6.30. The van der Waals surface area contributed by atoms with E-state index in [9.17, 15) is 19.1 Å². The molecule has 0 aliphatic carbocycles. The first kappa shape index (κ1) is 17.8. The SMILES string of the molecule is CC1(C)SC(C)(C)N(C(=O)c2ccc(Cl)cc2)C1P(=O)(O)O. The van der Waals surface area contributed by atoms with Gasteiger partial charge in [0.1, 0.15) is 5.78 Å². The highest BCUT2D eigenvalue weighted by Crippen LogP contribution is 2.62. The Hall–Kier alpha value is -0.520. The molecule has 0 spiro atoms. The van der Waals surface area contributed by atoms with Crippen molar-refractivity contribution < 1.29 is 19.1 Å². The number of hydrogen-bond donors (Lipinski definition) is 2. The number of halogens is 1. The van der Waals surface area contributed by atoms with Crippen molar-refractivity contribution in [1.29, 1.82) is 0 Å². The predicted octanol–water partition coefficient (Wildman–Crippen LogP) is 3.55. The number of nitrogens with zero attached hydrogens (tertiary/aromatic N) is 1. The Morgan fingerprint density at radius 1 is 1.23 bits per heavy atom. The summed E-state index contributed by atoms with van der Waals surface area (Å²) in [6.07, 6.45) is 0. The number of thioether (sulfide) groups is 1. The Kier molecular flexibility index (Phi) is 4.48. The molecular weight excluding hydrogens is 345 g/mol. The van der Waals surface area contributed by atoms with E-state index < -0.39 is 28.9 Å². The molecule has 1 fully saturated rings. The highest BCUT2D eigenvalue weighted by Gasteiger charge is 2.60. The van der Waals surface area contributed by atoms with E-state index in [0.717, 1.165) is 0 Å². The molecule has 0 aromatic heterocycles. The van der Waals surface area contributed by atoms with Crippen LogP contribution in [0.25, 0.3) is 0 Å². The van der Waals surface area contributed by atoms with Crippen LogP contribution in [0.3, 0.4) is 0 Å². The van der Waals surface area contributed by atoms with Gasteiger partial charge in [0.05, 0.1) is 4.87 Å². The lowest BCUT2D eigenvalue weighted by atomic mass is 10.1. The molecule has 1 aliphatic heterocycles. The maximum atomic E-state index is 12.8. The summed E-state index contributed by atoms with van der Waals surface area (Å²) in [5.74, 6) is -1.59. The molecule has 1 amide bonds. The molecule has 1 saturated heterocycles. The van der Waals surface area contributed by atoms with Crippen LogP contribution in [0.4, 0.5) is 0 Å². The molecule has 1 aliphatic rings. The van der Waals surface area contributed by atoms with E-state index in [0.29, 0.717) is 10.6 Å². The van der Waals surface area contributed by atoms with Crippen LogP contribution >= 0.6 is 31.0 Å². The van der Waals surface area contributed by atoms with Crippen LogP contribution < -0.4 is 0 Å². The zero-order valence-corrected chi connectivity index (χ0v) is 15.2. The molecule has 0 saturated carbocycles. The average molecular weight is 364 g/mol. The number of benzene rings is 1. The van der Waals surface area contributed by atoms with Gasteiger partial charge in [0, 0.05) is 15.3 Å². The van der Waals surface area contributed by atoms with Gasteiger partial charge in [0.15, 0.2) is 0 Å². The molecule has 8 heteroatoms. The Labute approximate surface area is 139 Å². The van der Waals surface area contributed by atoms with Crippen LogP contribution in [0.2, 0.25) is 5.02 Å². The van der Waals surface area contributed by atoms with E-state index in [4.69, 9.17) is 11.6 Å². The van der Waals surface area contributed by atoms with E-state index >= 15 is 0 Å². The molecular formula is C14H19ClNO4PS. The second-order valence-electron chi connectivity index (χ2n) is 6.30. The molecule has 1 atom stereocenters. The van der Waals surface area contributed by atoms with Gasteiger partial charge in [-0.15, -0.1) is 11.8 Å². The lowest BCUT2D eigenvalue weighted by molar-refractivity contribution is 0.0628. The lowest BCUT2D eigenvalue weighted by Gasteiger charge is -2.36. The largest absolute Gasteiger partial charge is 0.349 e. The van der Waals surface area contributed by atoms with Crippen molar-refractivity contribution in [2.24, 2.45) is 0 Å². The third kappa shape index (κ3) is 3.22. The lowest BCUT2D eigenvalue weighted by Crippen LogP contribution is -2.49. The zero-order chi connectivity index (χ0) is 16.9. The normalized spacial score (nSPS) is 23.6. The maximum Gasteiger partial charge on any atom is 0.349 e. The van der Waals surface area contributed by atoms with Gasteiger partial charge in [0.2, 0.25) is 0 Å².